The van der Waals surface area contributed by atoms with Crippen LogP contribution in [0.3, 0.4) is 0 Å². The number of ether oxygens (including phenoxy) is 1. The number of carbonyl (C=O) groups is 1. The molecule has 3 heterocycles. The summed E-state index contributed by atoms with van der Waals surface area (Å²) in [6.07, 6.45) is 3.68. The maximum absolute atomic E-state index is 14.3. The number of imidazole rings is 1. The number of amides is 1. The number of nitrogens with one attached hydrogen (secondary N) is 2. The van der Waals surface area contributed by atoms with Crippen molar-refractivity contribution < 1.29 is 13.9 Å². The molecule has 0 unspecified atom stereocenters. The van der Waals surface area contributed by atoms with Crippen LogP contribution in [0.15, 0.2) is 18.3 Å². The van der Waals surface area contributed by atoms with Crippen molar-refractivity contribution in [1.82, 2.24) is 19.5 Å². The third kappa shape index (κ3) is 5.10. The number of aromatic nitrogens is 4. The van der Waals surface area contributed by atoms with E-state index in [1.54, 1.807) is 18.3 Å². The maximum Gasteiger partial charge on any atom is 0.225 e. The molecule has 1 aliphatic carbocycles. The normalized spacial score (nSPS) is 24.5. The fourth-order valence-electron chi connectivity index (χ4n) is 4.88. The minimum atomic E-state index is -1.15. The van der Waals surface area contributed by atoms with E-state index in [-0.39, 0.29) is 24.5 Å². The molecule has 3 aromatic rings. The minimum Gasteiger partial charge on any atom is -0.378 e. The van der Waals surface area contributed by atoms with E-state index in [4.69, 9.17) is 51.5 Å². The van der Waals surface area contributed by atoms with Gasteiger partial charge in [-0.1, -0.05) is 28.7 Å². The number of nitrogens with zero attached hydrogens (tertiary/aromatic N) is 4. The number of rotatable bonds is 6. The van der Waals surface area contributed by atoms with Crippen molar-refractivity contribution in [2.24, 2.45) is 11.7 Å². The summed E-state index contributed by atoms with van der Waals surface area (Å²) in [4.78, 5) is 25.5. The number of hydrogen-bond donors (Lipinski definition) is 3. The molecule has 1 aromatic carbocycles. The molecule has 1 saturated carbocycles. The third-order valence-electron chi connectivity index (χ3n) is 6.82. The van der Waals surface area contributed by atoms with Crippen LogP contribution in [0, 0.1) is 5.92 Å². The Morgan fingerprint density at radius 3 is 2.67 bits per heavy atom. The third-order valence-corrected chi connectivity index (χ3v) is 7.34. The zero-order chi connectivity index (χ0) is 25.4. The zero-order valence-corrected chi connectivity index (χ0v) is 20.9. The number of alkyl halides is 1. The standard InChI is InChI=1S/C23H25BCl2FN7O2/c24-14-7-12(25)8-15(26)19(14)32-23-31-18-9-29-22(30-17-5-6-36-10-16(17)27)33-21(18)34(23)13-3-1-11(2-4-13)20(28)35/h7-9,11,13,16-17H,1-6,10H2,(H2,28,35)(H,31,32)(H,29,30,33)/t11?,13?,16-,17-/m1/s1. The van der Waals surface area contributed by atoms with Gasteiger partial charge in [-0.3, -0.25) is 9.36 Å². The Balaban J connectivity index is 1.53. The van der Waals surface area contributed by atoms with Gasteiger partial charge in [0.15, 0.2) is 5.65 Å². The van der Waals surface area contributed by atoms with Crippen LogP contribution < -0.4 is 21.8 Å². The van der Waals surface area contributed by atoms with E-state index in [9.17, 15) is 9.18 Å². The van der Waals surface area contributed by atoms with Gasteiger partial charge in [-0.25, -0.2) is 14.4 Å². The van der Waals surface area contributed by atoms with E-state index in [1.807, 2.05) is 4.57 Å². The first-order valence-electron chi connectivity index (χ1n) is 11.8. The lowest BCUT2D eigenvalue weighted by Crippen LogP contribution is -2.39. The van der Waals surface area contributed by atoms with Crippen molar-refractivity contribution in [2.45, 2.75) is 50.4 Å². The Hall–Kier alpha value is -2.63. The van der Waals surface area contributed by atoms with E-state index in [1.165, 1.54) is 0 Å². The molecule has 2 radical (unpaired) electrons. The van der Waals surface area contributed by atoms with Gasteiger partial charge in [-0.05, 0) is 44.2 Å². The van der Waals surface area contributed by atoms with Crippen molar-refractivity contribution in [2.75, 3.05) is 23.8 Å². The summed E-state index contributed by atoms with van der Waals surface area (Å²) in [5.74, 6) is 0.341. The summed E-state index contributed by atoms with van der Waals surface area (Å²) in [7, 11) is 6.18. The molecule has 2 aromatic heterocycles. The first kappa shape index (κ1) is 25.0. The van der Waals surface area contributed by atoms with Crippen LogP contribution in [-0.2, 0) is 9.53 Å². The molecule has 2 fully saturated rings. The summed E-state index contributed by atoms with van der Waals surface area (Å²) in [5.41, 5.74) is 7.50. The van der Waals surface area contributed by atoms with E-state index in [2.05, 4.69) is 15.6 Å². The highest BCUT2D eigenvalue weighted by Gasteiger charge is 2.30. The predicted molar refractivity (Wildman–Crippen MR) is 138 cm³/mol. The molecule has 0 bridgehead atoms. The van der Waals surface area contributed by atoms with Crippen molar-refractivity contribution in [1.29, 1.82) is 0 Å². The van der Waals surface area contributed by atoms with Crippen molar-refractivity contribution in [3.8, 4) is 0 Å². The molecule has 2 aliphatic rings. The number of anilines is 3. The average Bonchev–Trinajstić information content (AvgIpc) is 3.20. The second kappa shape index (κ2) is 10.4. The molecular weight excluding hydrogens is 507 g/mol. The highest BCUT2D eigenvalue weighted by atomic mass is 35.5. The van der Waals surface area contributed by atoms with Gasteiger partial charge in [0.2, 0.25) is 17.8 Å². The van der Waals surface area contributed by atoms with E-state index < -0.39 is 12.2 Å². The molecule has 4 N–H and O–H groups in total. The summed E-state index contributed by atoms with van der Waals surface area (Å²) in [5, 5.41) is 7.11. The van der Waals surface area contributed by atoms with Gasteiger partial charge >= 0.3 is 0 Å². The number of primary amides is 1. The molecule has 1 saturated heterocycles. The maximum atomic E-state index is 14.3. The van der Waals surface area contributed by atoms with Gasteiger partial charge in [-0.2, -0.15) is 4.98 Å². The fraction of sp³-hybridized carbons (Fsp3) is 0.478. The molecule has 1 aliphatic heterocycles. The Labute approximate surface area is 218 Å². The Kier molecular flexibility index (Phi) is 7.23. The van der Waals surface area contributed by atoms with Crippen LogP contribution in [0.2, 0.25) is 10.0 Å². The van der Waals surface area contributed by atoms with Crippen LogP contribution in [0.1, 0.15) is 38.1 Å². The molecule has 0 spiro atoms. The number of halogens is 3. The zero-order valence-electron chi connectivity index (χ0n) is 19.4. The summed E-state index contributed by atoms with van der Waals surface area (Å²) in [6.45, 7) is 0.511. The molecule has 5 rings (SSSR count). The number of fused-ring (bicyclic) bond motifs is 1. The quantitative estimate of drug-likeness (QED) is 0.417. The Morgan fingerprint density at radius 2 is 1.97 bits per heavy atom. The van der Waals surface area contributed by atoms with Crippen LogP contribution in [0.4, 0.5) is 22.0 Å². The van der Waals surface area contributed by atoms with Gasteiger partial charge in [0.25, 0.3) is 0 Å². The number of benzene rings is 1. The highest BCUT2D eigenvalue weighted by molar-refractivity contribution is 6.44. The van der Waals surface area contributed by atoms with Gasteiger partial charge in [0.1, 0.15) is 19.5 Å². The minimum absolute atomic E-state index is 0.0137. The van der Waals surface area contributed by atoms with Crippen molar-refractivity contribution in [3.63, 3.8) is 0 Å². The van der Waals surface area contributed by atoms with Gasteiger partial charge in [-0.15, -0.1) is 0 Å². The second-order valence-electron chi connectivity index (χ2n) is 9.22. The Morgan fingerprint density at radius 1 is 1.19 bits per heavy atom. The van der Waals surface area contributed by atoms with Gasteiger partial charge in [0.05, 0.1) is 29.6 Å². The lowest BCUT2D eigenvalue weighted by Gasteiger charge is -2.29. The molecule has 13 heteroatoms. The summed E-state index contributed by atoms with van der Waals surface area (Å²) >= 11 is 12.5. The summed E-state index contributed by atoms with van der Waals surface area (Å²) < 4.78 is 21.5. The molecule has 2 atom stereocenters. The predicted octanol–water partition coefficient (Wildman–Crippen LogP) is 3.43. The van der Waals surface area contributed by atoms with E-state index >= 15 is 0 Å². The SMILES string of the molecule is [B]c1cc(Cl)cc(Cl)c1Nc1nc2cnc(N[C@@H]3CCOC[C@H]3F)nc2n1C1CCC(C(N)=O)CC1. The lowest BCUT2D eigenvalue weighted by atomic mass is 9.85. The van der Waals surface area contributed by atoms with E-state index in [0.717, 1.165) is 0 Å². The van der Waals surface area contributed by atoms with Crippen molar-refractivity contribution in [3.05, 3.63) is 28.4 Å². The number of carbonyl (C=O) groups excluding carboxylic acids is 1. The summed E-state index contributed by atoms with van der Waals surface area (Å²) in [6, 6.07) is 2.74. The van der Waals surface area contributed by atoms with Crippen LogP contribution in [0.5, 0.6) is 0 Å². The number of hydrogen-bond acceptors (Lipinski definition) is 7. The fourth-order valence-corrected chi connectivity index (χ4v) is 5.44. The average molecular weight is 532 g/mol. The molecule has 1 amide bonds. The first-order chi connectivity index (χ1) is 17.3. The molecule has 188 valence electrons. The topological polar surface area (TPSA) is 120 Å². The smallest absolute Gasteiger partial charge is 0.225 e. The van der Waals surface area contributed by atoms with Crippen LogP contribution in [-0.4, -0.2) is 58.7 Å². The largest absolute Gasteiger partial charge is 0.378 e. The van der Waals surface area contributed by atoms with Crippen LogP contribution in [0.25, 0.3) is 11.2 Å². The van der Waals surface area contributed by atoms with Crippen molar-refractivity contribution >= 4 is 71.2 Å². The Bertz CT molecular complexity index is 1260. The monoisotopic (exact) mass is 531 g/mol. The van der Waals surface area contributed by atoms with Gasteiger partial charge < -0.3 is 21.1 Å². The van der Waals surface area contributed by atoms with Gasteiger partial charge in [0, 0.05) is 23.6 Å². The van der Waals surface area contributed by atoms with Crippen LogP contribution >= 0.6 is 23.2 Å². The lowest BCUT2D eigenvalue weighted by molar-refractivity contribution is -0.122. The highest BCUT2D eigenvalue weighted by Crippen LogP contribution is 2.37. The molecular formula is C23H25BCl2FN7O2. The van der Waals surface area contributed by atoms with E-state index in [0.29, 0.717) is 83.0 Å². The second-order valence-corrected chi connectivity index (χ2v) is 10.1. The molecule has 36 heavy (non-hydrogen) atoms. The number of nitrogens with two attached hydrogens (primary N) is 1. The first-order valence-corrected chi connectivity index (χ1v) is 12.6. The molecule has 9 nitrogen and oxygen atoms in total.